The minimum atomic E-state index is -1.22. The number of aliphatic hydroxyl groups excluding tert-OH is 1. The predicted molar refractivity (Wildman–Crippen MR) is 51.6 cm³/mol. The first kappa shape index (κ1) is 11.6. The molecule has 0 bridgehead atoms. The molecule has 82 valence electrons. The maximum Gasteiger partial charge on any atom is 0.320 e. The quantitative estimate of drug-likeness (QED) is 0.686. The summed E-state index contributed by atoms with van der Waals surface area (Å²) in [4.78, 5) is 10.4. The Morgan fingerprint density at radius 1 is 1.47 bits per heavy atom. The molecule has 0 aliphatic heterocycles. The van der Waals surface area contributed by atoms with Gasteiger partial charge in [0.05, 0.1) is 6.10 Å². The van der Waals surface area contributed by atoms with E-state index in [-0.39, 0.29) is 12.0 Å². The number of aliphatic carboxylic acids is 1. The fourth-order valence-corrected chi connectivity index (χ4v) is 1.21. The number of carboxylic acid groups (broad SMARTS) is 1. The summed E-state index contributed by atoms with van der Waals surface area (Å²) in [5.41, 5.74) is 5.29. The third-order valence-corrected chi connectivity index (χ3v) is 2.06. The van der Waals surface area contributed by atoms with Crippen molar-refractivity contribution in [1.82, 2.24) is 0 Å². The highest BCUT2D eigenvalue weighted by Crippen LogP contribution is 2.20. The average Bonchev–Trinajstić information content (AvgIpc) is 2.18. The molecule has 5 heteroatoms. The number of carbonyl (C=O) groups is 1. The second-order valence-electron chi connectivity index (χ2n) is 3.22. The zero-order chi connectivity index (χ0) is 11.4. The monoisotopic (exact) mass is 213 g/mol. The van der Waals surface area contributed by atoms with Crippen molar-refractivity contribution in [2.24, 2.45) is 5.73 Å². The number of aliphatic hydroxyl groups is 1. The van der Waals surface area contributed by atoms with E-state index in [1.165, 1.54) is 18.2 Å². The van der Waals surface area contributed by atoms with Crippen molar-refractivity contribution in [3.63, 3.8) is 0 Å². The van der Waals surface area contributed by atoms with E-state index in [4.69, 9.17) is 10.8 Å². The Balaban J connectivity index is 2.73. The smallest absolute Gasteiger partial charge is 0.320 e. The molecule has 0 saturated heterocycles. The number of carboxylic acids is 1. The Morgan fingerprint density at radius 3 is 2.60 bits per heavy atom. The number of halogens is 1. The maximum absolute atomic E-state index is 13.1. The summed E-state index contributed by atoms with van der Waals surface area (Å²) in [5, 5.41) is 18.1. The summed E-state index contributed by atoms with van der Waals surface area (Å²) >= 11 is 0. The van der Waals surface area contributed by atoms with E-state index in [0.29, 0.717) is 0 Å². The number of benzene rings is 1. The van der Waals surface area contributed by atoms with Gasteiger partial charge >= 0.3 is 5.97 Å². The summed E-state index contributed by atoms with van der Waals surface area (Å²) in [6, 6.07) is 4.45. The van der Waals surface area contributed by atoms with Crippen LogP contribution in [0.3, 0.4) is 0 Å². The molecule has 0 amide bonds. The molecule has 1 aromatic rings. The van der Waals surface area contributed by atoms with Crippen LogP contribution in [0, 0.1) is 5.82 Å². The molecular formula is C10H12FNO3. The standard InChI is InChI=1S/C10H12FNO3/c11-7-4-2-1-3-6(7)9(13)5-8(12)10(14)15/h1-4,8-9,13H,5,12H2,(H,14,15)/t8-,9-/m0/s1. The summed E-state index contributed by atoms with van der Waals surface area (Å²) in [6.07, 6.45) is -1.41. The number of rotatable bonds is 4. The van der Waals surface area contributed by atoms with Gasteiger partial charge in [0.15, 0.2) is 0 Å². The van der Waals surface area contributed by atoms with Gasteiger partial charge in [-0.25, -0.2) is 4.39 Å². The van der Waals surface area contributed by atoms with Gasteiger partial charge in [0.2, 0.25) is 0 Å². The molecule has 0 aliphatic carbocycles. The Morgan fingerprint density at radius 2 is 2.07 bits per heavy atom. The van der Waals surface area contributed by atoms with Crippen molar-refractivity contribution in [2.45, 2.75) is 18.6 Å². The van der Waals surface area contributed by atoms with Gasteiger partial charge in [-0.1, -0.05) is 18.2 Å². The van der Waals surface area contributed by atoms with E-state index in [2.05, 4.69) is 0 Å². The Kier molecular flexibility index (Phi) is 3.76. The van der Waals surface area contributed by atoms with E-state index < -0.39 is 23.9 Å². The second-order valence-corrected chi connectivity index (χ2v) is 3.22. The normalized spacial score (nSPS) is 14.6. The lowest BCUT2D eigenvalue weighted by atomic mass is 10.0. The molecule has 4 nitrogen and oxygen atoms in total. The first-order valence-corrected chi connectivity index (χ1v) is 4.43. The Bertz CT molecular complexity index is 356. The predicted octanol–water partition coefficient (Wildman–Crippen LogP) is 0.661. The highest BCUT2D eigenvalue weighted by molar-refractivity contribution is 5.73. The van der Waals surface area contributed by atoms with Crippen LogP contribution in [0.2, 0.25) is 0 Å². The minimum absolute atomic E-state index is 0.0641. The number of nitrogens with two attached hydrogens (primary N) is 1. The van der Waals surface area contributed by atoms with Crippen molar-refractivity contribution in [3.8, 4) is 0 Å². The van der Waals surface area contributed by atoms with Gasteiger partial charge in [-0.15, -0.1) is 0 Å². The fourth-order valence-electron chi connectivity index (χ4n) is 1.21. The summed E-state index contributed by atoms with van der Waals surface area (Å²) in [6.45, 7) is 0. The molecule has 0 spiro atoms. The van der Waals surface area contributed by atoms with E-state index in [0.717, 1.165) is 0 Å². The molecule has 1 aromatic carbocycles. The van der Waals surface area contributed by atoms with Crippen LogP contribution >= 0.6 is 0 Å². The van der Waals surface area contributed by atoms with Crippen molar-refractivity contribution < 1.29 is 19.4 Å². The van der Waals surface area contributed by atoms with Gasteiger partial charge < -0.3 is 15.9 Å². The molecule has 0 fully saturated rings. The molecule has 0 heterocycles. The van der Waals surface area contributed by atoms with Crippen molar-refractivity contribution in [2.75, 3.05) is 0 Å². The van der Waals surface area contributed by atoms with E-state index in [1.54, 1.807) is 6.07 Å². The van der Waals surface area contributed by atoms with Crippen LogP contribution in [0.1, 0.15) is 18.1 Å². The van der Waals surface area contributed by atoms with Gasteiger partial charge in [0.1, 0.15) is 11.9 Å². The Hall–Kier alpha value is -1.46. The summed E-state index contributed by atoms with van der Waals surface area (Å²) < 4.78 is 13.1. The topological polar surface area (TPSA) is 83.5 Å². The largest absolute Gasteiger partial charge is 0.480 e. The van der Waals surface area contributed by atoms with Crippen molar-refractivity contribution in [3.05, 3.63) is 35.6 Å². The highest BCUT2D eigenvalue weighted by Gasteiger charge is 2.19. The lowest BCUT2D eigenvalue weighted by Crippen LogP contribution is -2.32. The van der Waals surface area contributed by atoms with Crippen LogP contribution in [-0.2, 0) is 4.79 Å². The van der Waals surface area contributed by atoms with Crippen LogP contribution in [-0.4, -0.2) is 22.2 Å². The molecule has 1 rings (SSSR count). The summed E-state index contributed by atoms with van der Waals surface area (Å²) in [7, 11) is 0. The molecule has 4 N–H and O–H groups in total. The van der Waals surface area contributed by atoms with Crippen LogP contribution in [0.25, 0.3) is 0 Å². The summed E-state index contributed by atoms with van der Waals surface area (Å²) in [5.74, 6) is -1.78. The first-order valence-electron chi connectivity index (χ1n) is 4.43. The Labute approximate surface area is 86.1 Å². The average molecular weight is 213 g/mol. The first-order chi connectivity index (χ1) is 7.02. The third-order valence-electron chi connectivity index (χ3n) is 2.06. The fraction of sp³-hybridized carbons (Fsp3) is 0.300. The van der Waals surface area contributed by atoms with Crippen LogP contribution in [0.4, 0.5) is 4.39 Å². The lowest BCUT2D eigenvalue weighted by molar-refractivity contribution is -0.139. The molecule has 2 atom stereocenters. The van der Waals surface area contributed by atoms with Gasteiger partial charge in [-0.2, -0.15) is 0 Å². The van der Waals surface area contributed by atoms with Crippen molar-refractivity contribution in [1.29, 1.82) is 0 Å². The molecule has 0 aromatic heterocycles. The minimum Gasteiger partial charge on any atom is -0.480 e. The number of hydrogen-bond acceptors (Lipinski definition) is 3. The molecular weight excluding hydrogens is 201 g/mol. The van der Waals surface area contributed by atoms with Gasteiger partial charge in [0.25, 0.3) is 0 Å². The highest BCUT2D eigenvalue weighted by atomic mass is 19.1. The van der Waals surface area contributed by atoms with Crippen LogP contribution in [0.15, 0.2) is 24.3 Å². The van der Waals surface area contributed by atoms with E-state index >= 15 is 0 Å². The third kappa shape index (κ3) is 3.00. The zero-order valence-corrected chi connectivity index (χ0v) is 7.93. The van der Waals surface area contributed by atoms with Crippen LogP contribution in [0.5, 0.6) is 0 Å². The maximum atomic E-state index is 13.1. The van der Waals surface area contributed by atoms with E-state index in [9.17, 15) is 14.3 Å². The molecule has 0 radical (unpaired) electrons. The second kappa shape index (κ2) is 4.86. The molecule has 0 unspecified atom stereocenters. The van der Waals surface area contributed by atoms with Crippen molar-refractivity contribution >= 4 is 5.97 Å². The zero-order valence-electron chi connectivity index (χ0n) is 7.93. The lowest BCUT2D eigenvalue weighted by Gasteiger charge is -2.14. The van der Waals surface area contributed by atoms with Gasteiger partial charge in [0, 0.05) is 12.0 Å². The number of hydrogen-bond donors (Lipinski definition) is 3. The van der Waals surface area contributed by atoms with Crippen LogP contribution < -0.4 is 5.73 Å². The van der Waals surface area contributed by atoms with Gasteiger partial charge in [-0.05, 0) is 6.07 Å². The SMILES string of the molecule is N[C@@H](C[C@H](O)c1ccccc1F)C(=O)O. The molecule has 15 heavy (non-hydrogen) atoms. The van der Waals surface area contributed by atoms with E-state index in [1.807, 2.05) is 0 Å². The molecule has 0 aliphatic rings. The van der Waals surface area contributed by atoms with Gasteiger partial charge in [-0.3, -0.25) is 4.79 Å². The molecule has 0 saturated carbocycles.